The van der Waals surface area contributed by atoms with Gasteiger partial charge in [-0.2, -0.15) is 0 Å². The molecule has 2 heterocycles. The Kier molecular flexibility index (Phi) is 4.92. The third kappa shape index (κ3) is 3.93. The molecular weight excluding hydrogens is 298 g/mol. The molecule has 0 aliphatic heterocycles. The quantitative estimate of drug-likeness (QED) is 0.845. The maximum absolute atomic E-state index is 12.1. The van der Waals surface area contributed by atoms with Gasteiger partial charge in [0, 0.05) is 13.1 Å². The Labute approximate surface area is 124 Å². The minimum atomic E-state index is -2.61. The van der Waals surface area contributed by atoms with E-state index >= 15 is 0 Å². The van der Waals surface area contributed by atoms with Crippen LogP contribution in [0, 0.1) is 0 Å². The van der Waals surface area contributed by atoms with Gasteiger partial charge in [0.05, 0.1) is 6.04 Å². The van der Waals surface area contributed by atoms with Crippen molar-refractivity contribution in [3.63, 3.8) is 0 Å². The number of hydrogen-bond donors (Lipinski definition) is 1. The largest absolute Gasteiger partial charge is 0.472 e. The highest BCUT2D eigenvalue weighted by Gasteiger charge is 2.17. The molecule has 0 aliphatic rings. The molecule has 8 nitrogen and oxygen atoms in total. The number of rotatable bonds is 6. The number of pyridine rings is 1. The van der Waals surface area contributed by atoms with Crippen molar-refractivity contribution in [2.24, 2.45) is 7.05 Å². The number of alkyl halides is 2. The lowest BCUT2D eigenvalue weighted by Crippen LogP contribution is -2.29. The Morgan fingerprint density at radius 3 is 2.86 bits per heavy atom. The summed E-state index contributed by atoms with van der Waals surface area (Å²) < 4.78 is 30.4. The fourth-order valence-electron chi connectivity index (χ4n) is 1.71. The first-order valence-electron chi connectivity index (χ1n) is 6.38. The number of carbonyl (C=O) groups is 1. The molecule has 0 aromatic carbocycles. The lowest BCUT2D eigenvalue weighted by molar-refractivity contribution is 0.0792. The second-order valence-corrected chi connectivity index (χ2v) is 4.42. The molecule has 1 atom stereocenters. The van der Waals surface area contributed by atoms with Crippen molar-refractivity contribution in [1.29, 1.82) is 0 Å². The molecular formula is C12H14F2N6O2. The molecule has 0 fully saturated rings. The number of tetrazole rings is 1. The Bertz CT molecular complexity index is 648. The highest BCUT2D eigenvalue weighted by atomic mass is 19.3. The van der Waals surface area contributed by atoms with E-state index < -0.39 is 25.0 Å². The van der Waals surface area contributed by atoms with Gasteiger partial charge in [-0.25, -0.2) is 18.4 Å². The molecule has 0 aliphatic carbocycles. The minimum Gasteiger partial charge on any atom is -0.472 e. The topological polar surface area (TPSA) is 94.8 Å². The molecule has 10 heteroatoms. The van der Waals surface area contributed by atoms with Gasteiger partial charge in [0.1, 0.15) is 5.69 Å². The third-order valence-electron chi connectivity index (χ3n) is 2.70. The summed E-state index contributed by atoms with van der Waals surface area (Å²) in [7, 11) is 1.65. The third-order valence-corrected chi connectivity index (χ3v) is 2.70. The summed E-state index contributed by atoms with van der Waals surface area (Å²) in [5.74, 6) is -0.0580. The fraction of sp³-hybridized carbons (Fsp3) is 0.417. The van der Waals surface area contributed by atoms with Crippen LogP contribution in [0.5, 0.6) is 5.88 Å². The van der Waals surface area contributed by atoms with Gasteiger partial charge in [-0.05, 0) is 23.4 Å². The normalized spacial score (nSPS) is 12.2. The van der Waals surface area contributed by atoms with Gasteiger partial charge in [-0.3, -0.25) is 4.79 Å². The van der Waals surface area contributed by atoms with Crippen LogP contribution in [0.1, 0.15) is 29.3 Å². The highest BCUT2D eigenvalue weighted by Crippen LogP contribution is 2.11. The molecule has 2 aromatic rings. The van der Waals surface area contributed by atoms with Gasteiger partial charge >= 0.3 is 0 Å². The van der Waals surface area contributed by atoms with Crippen LogP contribution in [0.25, 0.3) is 0 Å². The average Bonchev–Trinajstić information content (AvgIpc) is 2.91. The number of aryl methyl sites for hydroxylation is 1. The molecule has 118 valence electrons. The van der Waals surface area contributed by atoms with Gasteiger partial charge in [0.15, 0.2) is 12.4 Å². The fourth-order valence-corrected chi connectivity index (χ4v) is 1.71. The number of carbonyl (C=O) groups excluding carboxylic acids is 1. The standard InChI is InChI=1S/C12H14F2N6O2/c1-7(11-17-18-19-20(11)2)15-12(21)8-4-3-5-10(16-8)22-6-9(13)14/h3-5,7,9H,6H2,1-2H3,(H,15,21). The van der Waals surface area contributed by atoms with Crippen LogP contribution in [0.3, 0.4) is 0 Å². The smallest absolute Gasteiger partial charge is 0.272 e. The molecule has 1 unspecified atom stereocenters. The molecule has 1 N–H and O–H groups in total. The van der Waals surface area contributed by atoms with Crippen molar-refractivity contribution in [3.8, 4) is 5.88 Å². The molecule has 0 saturated carbocycles. The summed E-state index contributed by atoms with van der Waals surface area (Å²) in [5.41, 5.74) is 0.0498. The predicted octanol–water partition coefficient (Wildman–Crippen LogP) is 0.740. The lowest BCUT2D eigenvalue weighted by atomic mass is 10.2. The maximum atomic E-state index is 12.1. The number of nitrogens with zero attached hydrogens (tertiary/aromatic N) is 5. The number of aromatic nitrogens is 5. The predicted molar refractivity (Wildman–Crippen MR) is 70.4 cm³/mol. The van der Waals surface area contributed by atoms with E-state index in [0.717, 1.165) is 0 Å². The van der Waals surface area contributed by atoms with Crippen LogP contribution in [-0.2, 0) is 7.05 Å². The zero-order valence-corrected chi connectivity index (χ0v) is 11.9. The SMILES string of the molecule is CC(NC(=O)c1cccc(OCC(F)F)n1)c1nnnn1C. The van der Waals surface area contributed by atoms with E-state index in [1.54, 1.807) is 14.0 Å². The van der Waals surface area contributed by atoms with E-state index in [-0.39, 0.29) is 11.6 Å². The summed E-state index contributed by atoms with van der Waals surface area (Å²) in [6.45, 7) is 0.930. The van der Waals surface area contributed by atoms with Crippen molar-refractivity contribution in [2.45, 2.75) is 19.4 Å². The number of hydrogen-bond acceptors (Lipinski definition) is 6. The summed E-state index contributed by atoms with van der Waals surface area (Å²) in [4.78, 5) is 16.0. The van der Waals surface area contributed by atoms with Gasteiger partial charge in [0.2, 0.25) is 5.88 Å². The lowest BCUT2D eigenvalue weighted by Gasteiger charge is -2.12. The zero-order chi connectivity index (χ0) is 16.1. The molecule has 0 bridgehead atoms. The van der Waals surface area contributed by atoms with Crippen molar-refractivity contribution >= 4 is 5.91 Å². The van der Waals surface area contributed by atoms with Crippen LogP contribution in [-0.4, -0.2) is 44.1 Å². The van der Waals surface area contributed by atoms with Crippen LogP contribution in [0.15, 0.2) is 18.2 Å². The molecule has 22 heavy (non-hydrogen) atoms. The van der Waals surface area contributed by atoms with E-state index in [4.69, 9.17) is 4.74 Å². The Balaban J connectivity index is 2.03. The summed E-state index contributed by atoms with van der Waals surface area (Å²) in [6, 6.07) is 3.90. The van der Waals surface area contributed by atoms with Crippen LogP contribution in [0.2, 0.25) is 0 Å². The van der Waals surface area contributed by atoms with Crippen LogP contribution < -0.4 is 10.1 Å². The monoisotopic (exact) mass is 312 g/mol. The van der Waals surface area contributed by atoms with Crippen molar-refractivity contribution in [1.82, 2.24) is 30.5 Å². The first-order chi connectivity index (χ1) is 10.5. The second-order valence-electron chi connectivity index (χ2n) is 4.42. The van der Waals surface area contributed by atoms with E-state index in [1.807, 2.05) is 0 Å². The van der Waals surface area contributed by atoms with E-state index in [0.29, 0.717) is 5.82 Å². The molecule has 0 saturated heterocycles. The number of nitrogens with one attached hydrogen (secondary N) is 1. The van der Waals surface area contributed by atoms with E-state index in [2.05, 4.69) is 25.8 Å². The molecule has 2 rings (SSSR count). The molecule has 0 radical (unpaired) electrons. The second kappa shape index (κ2) is 6.87. The number of halogens is 2. The van der Waals surface area contributed by atoms with Gasteiger partial charge < -0.3 is 10.1 Å². The number of amides is 1. The first kappa shape index (κ1) is 15.7. The Morgan fingerprint density at radius 2 is 2.23 bits per heavy atom. The van der Waals surface area contributed by atoms with Gasteiger partial charge in [0.25, 0.3) is 12.3 Å². The summed E-state index contributed by atoms with van der Waals surface area (Å²) in [5, 5.41) is 13.6. The molecule has 1 amide bonds. The summed E-state index contributed by atoms with van der Waals surface area (Å²) in [6.07, 6.45) is -2.61. The highest BCUT2D eigenvalue weighted by molar-refractivity contribution is 5.92. The van der Waals surface area contributed by atoms with Crippen LogP contribution >= 0.6 is 0 Å². The van der Waals surface area contributed by atoms with Crippen molar-refractivity contribution < 1.29 is 18.3 Å². The van der Waals surface area contributed by atoms with Crippen LogP contribution in [0.4, 0.5) is 8.78 Å². The van der Waals surface area contributed by atoms with E-state index in [1.165, 1.54) is 22.9 Å². The Hall–Kier alpha value is -2.65. The van der Waals surface area contributed by atoms with Crippen molar-refractivity contribution in [3.05, 3.63) is 29.7 Å². The zero-order valence-electron chi connectivity index (χ0n) is 11.9. The molecule has 2 aromatic heterocycles. The van der Waals surface area contributed by atoms with Gasteiger partial charge in [-0.15, -0.1) is 5.10 Å². The minimum absolute atomic E-state index is 0.0408. The molecule has 0 spiro atoms. The van der Waals surface area contributed by atoms with Gasteiger partial charge in [-0.1, -0.05) is 6.07 Å². The maximum Gasteiger partial charge on any atom is 0.272 e. The van der Waals surface area contributed by atoms with Crippen molar-refractivity contribution in [2.75, 3.05) is 6.61 Å². The average molecular weight is 312 g/mol. The number of ether oxygens (including phenoxy) is 1. The van der Waals surface area contributed by atoms with E-state index in [9.17, 15) is 13.6 Å². The first-order valence-corrected chi connectivity index (χ1v) is 6.38. The summed E-state index contributed by atoms with van der Waals surface area (Å²) >= 11 is 0. The Morgan fingerprint density at radius 1 is 1.45 bits per heavy atom.